The Hall–Kier alpha value is -0.580. The van der Waals surface area contributed by atoms with Crippen LogP contribution in [0.4, 0.5) is 0 Å². The predicted octanol–water partition coefficient (Wildman–Crippen LogP) is 2.56. The number of methoxy groups -OCH3 is 1. The molecule has 0 heterocycles. The van der Waals surface area contributed by atoms with Crippen LogP contribution in [0.2, 0.25) is 0 Å². The van der Waals surface area contributed by atoms with E-state index in [9.17, 15) is 0 Å². The van der Waals surface area contributed by atoms with E-state index in [1.165, 1.54) is 0 Å². The predicted molar refractivity (Wildman–Crippen MR) is 73.2 cm³/mol. The van der Waals surface area contributed by atoms with Crippen LogP contribution < -0.4 is 10.1 Å². The van der Waals surface area contributed by atoms with Crippen LogP contribution in [0, 0.1) is 5.92 Å². The number of ether oxygens (including phenoxy) is 1. The summed E-state index contributed by atoms with van der Waals surface area (Å²) in [5, 5.41) is 12.5. The number of aliphatic hydroxyl groups is 1. The Labute approximate surface area is 111 Å². The van der Waals surface area contributed by atoms with Gasteiger partial charge in [0.25, 0.3) is 0 Å². The third-order valence-electron chi connectivity index (χ3n) is 3.00. The number of hydrogen-bond donors (Lipinski definition) is 2. The Bertz CT molecular complexity index is 357. The van der Waals surface area contributed by atoms with Crippen LogP contribution in [0.3, 0.4) is 0 Å². The van der Waals surface area contributed by atoms with E-state index < -0.39 is 0 Å². The zero-order valence-electron chi connectivity index (χ0n) is 10.5. The van der Waals surface area contributed by atoms with Crippen molar-refractivity contribution in [2.24, 2.45) is 5.92 Å². The molecular formula is C13H20BrNO2. The van der Waals surface area contributed by atoms with Gasteiger partial charge in [0.05, 0.1) is 7.11 Å². The Kier molecular flexibility index (Phi) is 5.95. The van der Waals surface area contributed by atoms with Crippen molar-refractivity contribution in [1.29, 1.82) is 0 Å². The molecule has 2 unspecified atom stereocenters. The van der Waals surface area contributed by atoms with Crippen LogP contribution in [-0.4, -0.2) is 24.9 Å². The lowest BCUT2D eigenvalue weighted by Crippen LogP contribution is -2.33. The van der Waals surface area contributed by atoms with Gasteiger partial charge in [0.1, 0.15) is 5.75 Å². The molecule has 0 saturated heterocycles. The molecule has 0 radical (unpaired) electrons. The second-order valence-electron chi connectivity index (χ2n) is 4.29. The van der Waals surface area contributed by atoms with Crippen LogP contribution in [0.5, 0.6) is 5.75 Å². The molecule has 0 aromatic heterocycles. The molecule has 1 rings (SSSR count). The lowest BCUT2D eigenvalue weighted by Gasteiger charge is -2.20. The number of benzene rings is 1. The zero-order chi connectivity index (χ0) is 12.8. The first-order valence-electron chi connectivity index (χ1n) is 5.75. The van der Waals surface area contributed by atoms with Crippen molar-refractivity contribution >= 4 is 15.9 Å². The molecule has 0 amide bonds. The summed E-state index contributed by atoms with van der Waals surface area (Å²) in [6.07, 6.45) is 0. The maximum atomic E-state index is 9.08. The number of nitrogens with one attached hydrogen (secondary N) is 1. The molecule has 0 aliphatic rings. The van der Waals surface area contributed by atoms with E-state index in [1.54, 1.807) is 7.11 Å². The molecule has 4 heteroatoms. The molecule has 2 atom stereocenters. The average molecular weight is 302 g/mol. The molecule has 0 bridgehead atoms. The van der Waals surface area contributed by atoms with Crippen molar-refractivity contribution in [2.75, 3.05) is 13.7 Å². The van der Waals surface area contributed by atoms with Crippen LogP contribution in [0.25, 0.3) is 0 Å². The molecule has 0 aliphatic carbocycles. The van der Waals surface area contributed by atoms with Crippen molar-refractivity contribution in [3.8, 4) is 5.75 Å². The van der Waals surface area contributed by atoms with E-state index >= 15 is 0 Å². The highest BCUT2D eigenvalue weighted by atomic mass is 79.9. The van der Waals surface area contributed by atoms with E-state index in [2.05, 4.69) is 28.2 Å². The molecule has 1 aromatic rings. The number of rotatable bonds is 6. The second kappa shape index (κ2) is 6.99. The maximum Gasteiger partial charge on any atom is 0.123 e. The van der Waals surface area contributed by atoms with E-state index in [1.807, 2.05) is 25.1 Å². The highest BCUT2D eigenvalue weighted by molar-refractivity contribution is 9.10. The third-order valence-corrected chi connectivity index (χ3v) is 3.49. The van der Waals surface area contributed by atoms with E-state index in [-0.39, 0.29) is 18.6 Å². The smallest absolute Gasteiger partial charge is 0.123 e. The van der Waals surface area contributed by atoms with Crippen LogP contribution in [0.1, 0.15) is 19.4 Å². The molecular weight excluding hydrogens is 282 g/mol. The van der Waals surface area contributed by atoms with Gasteiger partial charge in [-0.05, 0) is 31.0 Å². The minimum Gasteiger partial charge on any atom is -0.496 e. The fraction of sp³-hybridized carbons (Fsp3) is 0.538. The highest BCUT2D eigenvalue weighted by Crippen LogP contribution is 2.23. The lowest BCUT2D eigenvalue weighted by molar-refractivity contribution is 0.206. The molecule has 0 saturated carbocycles. The number of aliphatic hydroxyl groups excluding tert-OH is 1. The summed E-state index contributed by atoms with van der Waals surface area (Å²) in [6.45, 7) is 5.03. The van der Waals surface area contributed by atoms with Crippen molar-refractivity contribution < 1.29 is 9.84 Å². The summed E-state index contributed by atoms with van der Waals surface area (Å²) in [4.78, 5) is 0. The molecule has 17 heavy (non-hydrogen) atoms. The first-order valence-corrected chi connectivity index (χ1v) is 6.54. The maximum absolute atomic E-state index is 9.08. The average Bonchev–Trinajstić information content (AvgIpc) is 2.35. The van der Waals surface area contributed by atoms with Crippen LogP contribution >= 0.6 is 15.9 Å². The van der Waals surface area contributed by atoms with E-state index in [0.29, 0.717) is 0 Å². The number of hydrogen-bond acceptors (Lipinski definition) is 3. The highest BCUT2D eigenvalue weighted by Gasteiger charge is 2.11. The Morgan fingerprint density at radius 3 is 2.71 bits per heavy atom. The van der Waals surface area contributed by atoms with Gasteiger partial charge in [-0.3, -0.25) is 0 Å². The monoisotopic (exact) mass is 301 g/mol. The van der Waals surface area contributed by atoms with Gasteiger partial charge >= 0.3 is 0 Å². The van der Waals surface area contributed by atoms with Crippen molar-refractivity contribution in [2.45, 2.75) is 26.4 Å². The fourth-order valence-corrected chi connectivity index (χ4v) is 1.92. The van der Waals surface area contributed by atoms with Crippen molar-refractivity contribution in [1.82, 2.24) is 5.32 Å². The standard InChI is InChI=1S/C13H20BrNO2/c1-9(8-16)10(2)15-7-11-6-12(14)4-5-13(11)17-3/h4-6,9-10,15-16H,7-8H2,1-3H3. The summed E-state index contributed by atoms with van der Waals surface area (Å²) in [5.41, 5.74) is 1.11. The van der Waals surface area contributed by atoms with Gasteiger partial charge in [-0.25, -0.2) is 0 Å². The summed E-state index contributed by atoms with van der Waals surface area (Å²) in [5.74, 6) is 1.12. The summed E-state index contributed by atoms with van der Waals surface area (Å²) < 4.78 is 6.35. The van der Waals surface area contributed by atoms with Crippen LogP contribution in [0.15, 0.2) is 22.7 Å². The summed E-state index contributed by atoms with van der Waals surface area (Å²) in [6, 6.07) is 6.22. The van der Waals surface area contributed by atoms with Crippen molar-refractivity contribution in [3.63, 3.8) is 0 Å². The van der Waals surface area contributed by atoms with Gasteiger partial charge in [0.15, 0.2) is 0 Å². The lowest BCUT2D eigenvalue weighted by atomic mass is 10.0. The fourth-order valence-electron chi connectivity index (χ4n) is 1.52. The van der Waals surface area contributed by atoms with Gasteiger partial charge in [0, 0.05) is 29.2 Å². The van der Waals surface area contributed by atoms with E-state index in [4.69, 9.17) is 9.84 Å². The molecule has 96 valence electrons. The molecule has 1 aromatic carbocycles. The van der Waals surface area contributed by atoms with Gasteiger partial charge in [0.2, 0.25) is 0 Å². The van der Waals surface area contributed by atoms with Gasteiger partial charge in [-0.1, -0.05) is 22.9 Å². The largest absolute Gasteiger partial charge is 0.496 e. The quantitative estimate of drug-likeness (QED) is 0.848. The van der Waals surface area contributed by atoms with Crippen LogP contribution in [-0.2, 0) is 6.54 Å². The molecule has 0 aliphatic heterocycles. The summed E-state index contributed by atoms with van der Waals surface area (Å²) in [7, 11) is 1.67. The molecule has 2 N–H and O–H groups in total. The second-order valence-corrected chi connectivity index (χ2v) is 5.20. The van der Waals surface area contributed by atoms with Gasteiger partial charge < -0.3 is 15.2 Å². The Morgan fingerprint density at radius 1 is 1.41 bits per heavy atom. The minimum atomic E-state index is 0.198. The molecule has 0 spiro atoms. The Morgan fingerprint density at radius 2 is 2.12 bits per heavy atom. The van der Waals surface area contributed by atoms with Crippen molar-refractivity contribution in [3.05, 3.63) is 28.2 Å². The topological polar surface area (TPSA) is 41.5 Å². The molecule has 3 nitrogen and oxygen atoms in total. The molecule has 0 fully saturated rings. The Balaban J connectivity index is 2.65. The SMILES string of the molecule is COc1ccc(Br)cc1CNC(C)C(C)CO. The zero-order valence-corrected chi connectivity index (χ0v) is 12.1. The minimum absolute atomic E-state index is 0.198. The van der Waals surface area contributed by atoms with Gasteiger partial charge in [-0.2, -0.15) is 0 Å². The first kappa shape index (κ1) is 14.5. The number of halogens is 1. The normalized spacial score (nSPS) is 14.4. The summed E-state index contributed by atoms with van der Waals surface area (Å²) >= 11 is 3.45. The first-order chi connectivity index (χ1) is 8.08. The van der Waals surface area contributed by atoms with E-state index in [0.717, 1.165) is 22.3 Å². The third kappa shape index (κ3) is 4.30. The van der Waals surface area contributed by atoms with Gasteiger partial charge in [-0.15, -0.1) is 0 Å².